The van der Waals surface area contributed by atoms with Gasteiger partial charge in [0.2, 0.25) is 0 Å². The first-order valence-corrected chi connectivity index (χ1v) is 11.8. The molecule has 1 heterocycles. The summed E-state index contributed by atoms with van der Waals surface area (Å²) < 4.78 is 7.13. The first-order valence-electron chi connectivity index (χ1n) is 10.8. The van der Waals surface area contributed by atoms with Gasteiger partial charge in [-0.1, -0.05) is 41.6 Å². The fraction of sp³-hybridized carbons (Fsp3) is 0.120. The van der Waals surface area contributed by atoms with Crippen LogP contribution in [-0.2, 0) is 4.79 Å². The third-order valence-corrected chi connectivity index (χ3v) is 6.06. The van der Waals surface area contributed by atoms with E-state index >= 15 is 0 Å². The fourth-order valence-corrected chi connectivity index (χ4v) is 4.06. The Labute approximate surface area is 211 Å². The van der Waals surface area contributed by atoms with Gasteiger partial charge in [0.15, 0.2) is 11.0 Å². The Balaban J connectivity index is 1.51. The number of methoxy groups -OCH3 is 1. The second-order valence-electron chi connectivity index (χ2n) is 7.60. The number of carbonyl (C=O) groups is 1. The topological polar surface area (TPSA) is 125 Å². The standard InChI is InChI=1S/C25H22N6O4S/c1-17-7-11-20(12-8-17)30-24(18-9-13-21(35-2)14-10-18)28-29-25(30)36-16-23(32)27-26-15-19-5-3-4-6-22(19)31(33)34/h3-15H,16H2,1-2H3,(H,27,32). The number of nitrogens with one attached hydrogen (secondary N) is 1. The summed E-state index contributed by atoms with van der Waals surface area (Å²) in [5.41, 5.74) is 5.41. The monoisotopic (exact) mass is 502 g/mol. The van der Waals surface area contributed by atoms with E-state index in [1.54, 1.807) is 25.3 Å². The van der Waals surface area contributed by atoms with Crippen molar-refractivity contribution < 1.29 is 14.5 Å². The number of carbonyl (C=O) groups excluding carboxylic acids is 1. The Kier molecular flexibility index (Phi) is 7.71. The van der Waals surface area contributed by atoms with Gasteiger partial charge in [-0.2, -0.15) is 5.10 Å². The van der Waals surface area contributed by atoms with Crippen molar-refractivity contribution in [1.82, 2.24) is 20.2 Å². The van der Waals surface area contributed by atoms with Crippen molar-refractivity contribution in [2.24, 2.45) is 5.10 Å². The first kappa shape index (κ1) is 24.6. The lowest BCUT2D eigenvalue weighted by Gasteiger charge is -2.11. The average molecular weight is 503 g/mol. The van der Waals surface area contributed by atoms with Gasteiger partial charge in [-0.3, -0.25) is 19.5 Å². The number of thioether (sulfide) groups is 1. The Morgan fingerprint density at radius 2 is 1.83 bits per heavy atom. The van der Waals surface area contributed by atoms with Crippen LogP contribution in [0.25, 0.3) is 17.1 Å². The molecule has 1 aromatic heterocycles. The van der Waals surface area contributed by atoms with E-state index in [2.05, 4.69) is 20.7 Å². The Morgan fingerprint density at radius 1 is 1.11 bits per heavy atom. The summed E-state index contributed by atoms with van der Waals surface area (Å²) in [6.45, 7) is 2.00. The lowest BCUT2D eigenvalue weighted by molar-refractivity contribution is -0.385. The third-order valence-electron chi connectivity index (χ3n) is 5.13. The van der Waals surface area contributed by atoms with Gasteiger partial charge in [-0.05, 0) is 49.4 Å². The maximum atomic E-state index is 12.4. The second kappa shape index (κ2) is 11.3. The van der Waals surface area contributed by atoms with Crippen LogP contribution in [-0.4, -0.2) is 44.7 Å². The smallest absolute Gasteiger partial charge is 0.278 e. The molecule has 4 aromatic rings. The highest BCUT2D eigenvalue weighted by molar-refractivity contribution is 7.99. The SMILES string of the molecule is COc1ccc(-c2nnc(SCC(=O)NN=Cc3ccccc3[N+](=O)[O-])n2-c2ccc(C)cc2)cc1. The van der Waals surface area contributed by atoms with Gasteiger partial charge >= 0.3 is 0 Å². The molecule has 0 aliphatic rings. The van der Waals surface area contributed by atoms with Crippen molar-refractivity contribution in [2.75, 3.05) is 12.9 Å². The number of rotatable bonds is 9. The summed E-state index contributed by atoms with van der Waals surface area (Å²) in [6, 6.07) is 21.5. The lowest BCUT2D eigenvalue weighted by atomic mass is 10.2. The molecule has 36 heavy (non-hydrogen) atoms. The lowest BCUT2D eigenvalue weighted by Crippen LogP contribution is -2.20. The van der Waals surface area contributed by atoms with Crippen LogP contribution in [0.3, 0.4) is 0 Å². The first-order chi connectivity index (χ1) is 17.5. The van der Waals surface area contributed by atoms with E-state index in [-0.39, 0.29) is 17.3 Å². The van der Waals surface area contributed by atoms with Crippen molar-refractivity contribution in [1.29, 1.82) is 0 Å². The summed E-state index contributed by atoms with van der Waals surface area (Å²) in [7, 11) is 1.61. The maximum absolute atomic E-state index is 12.4. The van der Waals surface area contributed by atoms with Crippen molar-refractivity contribution in [2.45, 2.75) is 12.1 Å². The molecule has 0 saturated heterocycles. The van der Waals surface area contributed by atoms with Gasteiger partial charge in [0.25, 0.3) is 11.6 Å². The minimum atomic E-state index is -0.503. The molecule has 0 bridgehead atoms. The zero-order chi connectivity index (χ0) is 25.5. The molecule has 0 aliphatic carbocycles. The van der Waals surface area contributed by atoms with Gasteiger partial charge in [0.05, 0.1) is 29.6 Å². The van der Waals surface area contributed by atoms with Crippen LogP contribution in [0, 0.1) is 17.0 Å². The van der Waals surface area contributed by atoms with E-state index in [0.29, 0.717) is 16.5 Å². The van der Waals surface area contributed by atoms with Crippen LogP contribution in [0.15, 0.2) is 83.1 Å². The highest BCUT2D eigenvalue weighted by atomic mass is 32.2. The number of nitro benzene ring substituents is 1. The van der Waals surface area contributed by atoms with Gasteiger partial charge < -0.3 is 4.74 Å². The molecule has 0 unspecified atom stereocenters. The number of amides is 1. The summed E-state index contributed by atoms with van der Waals surface area (Å²) in [4.78, 5) is 23.0. The van der Waals surface area contributed by atoms with E-state index in [1.165, 1.54) is 24.0 Å². The summed E-state index contributed by atoms with van der Waals surface area (Å²) in [5.74, 6) is 0.979. The van der Waals surface area contributed by atoms with Crippen LogP contribution in [0.5, 0.6) is 5.75 Å². The molecule has 10 nitrogen and oxygen atoms in total. The Bertz CT molecular complexity index is 1400. The van der Waals surface area contributed by atoms with Gasteiger partial charge in [-0.15, -0.1) is 10.2 Å². The van der Waals surface area contributed by atoms with E-state index in [1.807, 2.05) is 60.0 Å². The molecule has 1 N–H and O–H groups in total. The largest absolute Gasteiger partial charge is 0.497 e. The number of para-hydroxylation sites is 1. The minimum Gasteiger partial charge on any atom is -0.497 e. The zero-order valence-electron chi connectivity index (χ0n) is 19.5. The fourth-order valence-electron chi connectivity index (χ4n) is 3.32. The predicted molar refractivity (Wildman–Crippen MR) is 138 cm³/mol. The number of aryl methyl sites for hydroxylation is 1. The molecule has 0 saturated carbocycles. The highest BCUT2D eigenvalue weighted by Crippen LogP contribution is 2.29. The number of hydrogen-bond donors (Lipinski definition) is 1. The molecule has 0 spiro atoms. The van der Waals surface area contributed by atoms with E-state index in [9.17, 15) is 14.9 Å². The van der Waals surface area contributed by atoms with Crippen molar-refractivity contribution in [3.63, 3.8) is 0 Å². The summed E-state index contributed by atoms with van der Waals surface area (Å²) in [6.07, 6.45) is 1.25. The minimum absolute atomic E-state index is 0.0147. The van der Waals surface area contributed by atoms with Crippen LogP contribution < -0.4 is 10.2 Å². The molecule has 0 atom stereocenters. The molecule has 0 fully saturated rings. The third kappa shape index (κ3) is 5.76. The molecule has 0 radical (unpaired) electrons. The molecule has 4 rings (SSSR count). The number of hydrogen-bond acceptors (Lipinski definition) is 8. The van der Waals surface area contributed by atoms with Gasteiger partial charge in [0.1, 0.15) is 5.75 Å². The van der Waals surface area contributed by atoms with Crippen LogP contribution in [0.4, 0.5) is 5.69 Å². The molecular formula is C25H22N6O4S. The molecule has 11 heteroatoms. The Morgan fingerprint density at radius 3 is 2.53 bits per heavy atom. The number of hydrazone groups is 1. The molecule has 1 amide bonds. The van der Waals surface area contributed by atoms with Crippen molar-refractivity contribution in [3.05, 3.63) is 94.0 Å². The van der Waals surface area contributed by atoms with Gasteiger partial charge in [-0.25, -0.2) is 5.43 Å². The summed E-state index contributed by atoms with van der Waals surface area (Å²) in [5, 5.41) is 24.2. The quantitative estimate of drug-likeness (QED) is 0.156. The maximum Gasteiger partial charge on any atom is 0.278 e. The zero-order valence-corrected chi connectivity index (χ0v) is 20.3. The normalized spacial score (nSPS) is 10.9. The van der Waals surface area contributed by atoms with Gasteiger partial charge in [0, 0.05) is 17.3 Å². The van der Waals surface area contributed by atoms with E-state index in [0.717, 1.165) is 22.6 Å². The molecule has 182 valence electrons. The number of benzene rings is 3. The van der Waals surface area contributed by atoms with E-state index in [4.69, 9.17) is 4.74 Å². The number of aromatic nitrogens is 3. The predicted octanol–water partition coefficient (Wildman–Crippen LogP) is 4.40. The molecular weight excluding hydrogens is 480 g/mol. The number of nitro groups is 1. The number of nitrogens with zero attached hydrogens (tertiary/aromatic N) is 5. The Hall–Kier alpha value is -4.51. The van der Waals surface area contributed by atoms with Crippen molar-refractivity contribution >= 4 is 29.6 Å². The van der Waals surface area contributed by atoms with E-state index < -0.39 is 4.92 Å². The van der Waals surface area contributed by atoms with Crippen molar-refractivity contribution in [3.8, 4) is 22.8 Å². The van der Waals surface area contributed by atoms with Crippen LogP contribution >= 0.6 is 11.8 Å². The van der Waals surface area contributed by atoms with Crippen LogP contribution in [0.1, 0.15) is 11.1 Å². The second-order valence-corrected chi connectivity index (χ2v) is 8.55. The van der Waals surface area contributed by atoms with Crippen LogP contribution in [0.2, 0.25) is 0 Å². The summed E-state index contributed by atoms with van der Waals surface area (Å²) >= 11 is 1.20. The molecule has 3 aromatic carbocycles. The molecule has 0 aliphatic heterocycles. The highest BCUT2D eigenvalue weighted by Gasteiger charge is 2.17. The average Bonchev–Trinajstić information content (AvgIpc) is 3.32. The number of ether oxygens (including phenoxy) is 1.